The number of amides is 4. The summed E-state index contributed by atoms with van der Waals surface area (Å²) in [5, 5.41) is 11.6. The van der Waals surface area contributed by atoms with Crippen LogP contribution >= 0.6 is 0 Å². The van der Waals surface area contributed by atoms with Gasteiger partial charge in [-0.15, -0.1) is 0 Å². The number of carbonyl (C=O) groups excluding carboxylic acids is 3. The molecule has 0 aromatic carbocycles. The minimum atomic E-state index is -4.60. The Kier molecular flexibility index (Phi) is 8.71. The Morgan fingerprint density at radius 2 is 1.95 bits per heavy atom. The molecule has 2 saturated carbocycles. The normalized spacial score (nSPS) is 24.2. The monoisotopic (exact) mass is 592 g/mol. The molecule has 0 radical (unpaired) electrons. The first-order valence-corrected chi connectivity index (χ1v) is 14.2. The molecule has 3 atom stereocenters. The third-order valence-corrected chi connectivity index (χ3v) is 8.36. The van der Waals surface area contributed by atoms with Gasteiger partial charge in [0, 0.05) is 19.2 Å². The van der Waals surface area contributed by atoms with E-state index >= 15 is 0 Å². The van der Waals surface area contributed by atoms with Gasteiger partial charge in [-0.1, -0.05) is 24.9 Å². The first-order chi connectivity index (χ1) is 20.0. The minimum Gasteiger partial charge on any atom is -0.382 e. The van der Waals surface area contributed by atoms with Crippen LogP contribution in [-0.4, -0.2) is 71.4 Å². The van der Waals surface area contributed by atoms with Crippen molar-refractivity contribution in [2.75, 3.05) is 25.6 Å². The SMILES string of the molecule is COCC(c1ccnc(NC(=O)[C@@H](NC(=O)c2conc2C2CC2)C2CCC(C)CC2)c1)N1C[C@@H](C(F)(F)F)NC1=O. The van der Waals surface area contributed by atoms with E-state index in [4.69, 9.17) is 9.26 Å². The van der Waals surface area contributed by atoms with Gasteiger partial charge in [0.05, 0.1) is 24.9 Å². The summed E-state index contributed by atoms with van der Waals surface area (Å²) < 4.78 is 50.2. The number of pyridine rings is 1. The molecule has 0 bridgehead atoms. The highest BCUT2D eigenvalue weighted by atomic mass is 19.4. The number of nitrogens with zero attached hydrogens (tertiary/aromatic N) is 3. The Labute approximate surface area is 240 Å². The predicted octanol–water partition coefficient (Wildman–Crippen LogP) is 4.15. The van der Waals surface area contributed by atoms with Crippen molar-refractivity contribution < 1.29 is 36.8 Å². The van der Waals surface area contributed by atoms with Crippen molar-refractivity contribution in [2.45, 2.75) is 75.7 Å². The van der Waals surface area contributed by atoms with Gasteiger partial charge in [0.25, 0.3) is 5.91 Å². The highest BCUT2D eigenvalue weighted by Gasteiger charge is 2.48. The lowest BCUT2D eigenvalue weighted by atomic mass is 9.79. The second-order valence-electron chi connectivity index (χ2n) is 11.5. The van der Waals surface area contributed by atoms with Crippen LogP contribution in [0.2, 0.25) is 0 Å². The van der Waals surface area contributed by atoms with Crippen molar-refractivity contribution in [3.63, 3.8) is 0 Å². The van der Waals surface area contributed by atoms with Gasteiger partial charge in [0.15, 0.2) is 0 Å². The zero-order chi connectivity index (χ0) is 30.0. The molecule has 228 valence electrons. The molecule has 4 amide bonds. The van der Waals surface area contributed by atoms with Crippen molar-refractivity contribution in [3.05, 3.63) is 41.4 Å². The summed E-state index contributed by atoms with van der Waals surface area (Å²) in [6.07, 6.45) is 3.33. The molecule has 2 aromatic rings. The van der Waals surface area contributed by atoms with E-state index < -0.39 is 48.7 Å². The van der Waals surface area contributed by atoms with E-state index in [-0.39, 0.29) is 24.3 Å². The average molecular weight is 593 g/mol. The third-order valence-electron chi connectivity index (χ3n) is 8.36. The van der Waals surface area contributed by atoms with E-state index in [0.29, 0.717) is 22.7 Å². The van der Waals surface area contributed by atoms with Crippen molar-refractivity contribution in [3.8, 4) is 0 Å². The number of hydrogen-bond acceptors (Lipinski definition) is 7. The highest BCUT2D eigenvalue weighted by Crippen LogP contribution is 2.41. The number of aromatic nitrogens is 2. The molecule has 14 heteroatoms. The van der Waals surface area contributed by atoms with Crippen LogP contribution in [0.25, 0.3) is 0 Å². The van der Waals surface area contributed by atoms with Crippen molar-refractivity contribution in [2.24, 2.45) is 11.8 Å². The maximum Gasteiger partial charge on any atom is 0.410 e. The van der Waals surface area contributed by atoms with Gasteiger partial charge in [-0.05, 0) is 55.2 Å². The molecule has 1 aliphatic heterocycles. The molecule has 3 aliphatic rings. The molecule has 11 nitrogen and oxygen atoms in total. The molecule has 2 aliphatic carbocycles. The fraction of sp³-hybridized carbons (Fsp3) is 0.607. The summed E-state index contributed by atoms with van der Waals surface area (Å²) in [6.45, 7) is 1.50. The number of halogens is 3. The van der Waals surface area contributed by atoms with Crippen LogP contribution < -0.4 is 16.0 Å². The van der Waals surface area contributed by atoms with E-state index in [2.05, 4.69) is 27.7 Å². The van der Waals surface area contributed by atoms with Crippen LogP contribution in [0.3, 0.4) is 0 Å². The number of alkyl halides is 3. The molecule has 2 aromatic heterocycles. The number of rotatable bonds is 10. The molecule has 1 unspecified atom stereocenters. The minimum absolute atomic E-state index is 0.0730. The van der Waals surface area contributed by atoms with E-state index in [1.54, 1.807) is 6.07 Å². The number of nitrogens with one attached hydrogen (secondary N) is 3. The molecule has 42 heavy (non-hydrogen) atoms. The molecule has 3 N–H and O–H groups in total. The first-order valence-electron chi connectivity index (χ1n) is 14.2. The van der Waals surface area contributed by atoms with Crippen LogP contribution in [0.1, 0.15) is 79.0 Å². The van der Waals surface area contributed by atoms with Gasteiger partial charge in [-0.3, -0.25) is 9.59 Å². The van der Waals surface area contributed by atoms with Gasteiger partial charge in [-0.2, -0.15) is 13.2 Å². The number of urea groups is 1. The quantitative estimate of drug-likeness (QED) is 0.377. The van der Waals surface area contributed by atoms with Crippen molar-refractivity contribution >= 4 is 23.7 Å². The largest absolute Gasteiger partial charge is 0.410 e. The van der Waals surface area contributed by atoms with E-state index in [1.807, 2.05) is 5.32 Å². The number of anilines is 1. The maximum atomic E-state index is 13.7. The third kappa shape index (κ3) is 6.69. The second kappa shape index (κ2) is 12.3. The zero-order valence-electron chi connectivity index (χ0n) is 23.4. The Hall–Kier alpha value is -3.68. The second-order valence-corrected chi connectivity index (χ2v) is 11.5. The maximum absolute atomic E-state index is 13.7. The van der Waals surface area contributed by atoms with Gasteiger partial charge < -0.3 is 30.1 Å². The van der Waals surface area contributed by atoms with Gasteiger partial charge >= 0.3 is 12.2 Å². The molecular formula is C28H35F3N6O5. The lowest BCUT2D eigenvalue weighted by Crippen LogP contribution is -2.49. The van der Waals surface area contributed by atoms with Crippen LogP contribution in [0.15, 0.2) is 29.1 Å². The molecule has 3 fully saturated rings. The van der Waals surface area contributed by atoms with Gasteiger partial charge in [0.1, 0.15) is 29.7 Å². The van der Waals surface area contributed by atoms with Gasteiger partial charge in [-0.25, -0.2) is 9.78 Å². The molecular weight excluding hydrogens is 557 g/mol. The Balaban J connectivity index is 1.34. The average Bonchev–Trinajstić information content (AvgIpc) is 3.53. The summed E-state index contributed by atoms with van der Waals surface area (Å²) in [7, 11) is 1.38. The molecule has 0 spiro atoms. The lowest BCUT2D eigenvalue weighted by Gasteiger charge is -2.32. The number of methoxy groups -OCH3 is 1. The first kappa shape index (κ1) is 29.8. The van der Waals surface area contributed by atoms with Crippen LogP contribution in [0.5, 0.6) is 0 Å². The fourth-order valence-electron chi connectivity index (χ4n) is 5.76. The summed E-state index contributed by atoms with van der Waals surface area (Å²) in [5.74, 6) is -0.155. The Morgan fingerprint density at radius 1 is 1.21 bits per heavy atom. The Morgan fingerprint density at radius 3 is 2.60 bits per heavy atom. The van der Waals surface area contributed by atoms with Crippen molar-refractivity contribution in [1.29, 1.82) is 0 Å². The van der Waals surface area contributed by atoms with E-state index in [9.17, 15) is 27.6 Å². The summed E-state index contributed by atoms with van der Waals surface area (Å²) in [5.41, 5.74) is 1.36. The standard InChI is InChI=1S/C28H35F3N6O5/c1-15-3-5-17(6-4-15)24(35-25(38)19-13-42-36-23(19)16-7-8-16)26(39)34-22-11-18(9-10-32-22)20(14-41-2)37-12-21(28(29,30)31)33-27(37)40/h9-11,13,15-17,20-21,24H,3-8,12,14H2,1-2H3,(H,33,40)(H,35,38)(H,32,34,39)/t15?,17?,20?,21-,24-/m0/s1. The van der Waals surface area contributed by atoms with E-state index in [1.165, 1.54) is 25.6 Å². The number of carbonyl (C=O) groups is 3. The topological polar surface area (TPSA) is 139 Å². The molecule has 3 heterocycles. The van der Waals surface area contributed by atoms with Gasteiger partial charge in [0.2, 0.25) is 5.91 Å². The number of hydrogen-bond donors (Lipinski definition) is 3. The molecule has 5 rings (SSSR count). The fourth-order valence-corrected chi connectivity index (χ4v) is 5.76. The van der Waals surface area contributed by atoms with Crippen LogP contribution in [0, 0.1) is 11.8 Å². The summed E-state index contributed by atoms with van der Waals surface area (Å²) >= 11 is 0. The Bertz CT molecular complexity index is 1290. The highest BCUT2D eigenvalue weighted by molar-refractivity contribution is 6.01. The van der Waals surface area contributed by atoms with Crippen LogP contribution in [-0.2, 0) is 9.53 Å². The lowest BCUT2D eigenvalue weighted by molar-refractivity contribution is -0.150. The summed E-state index contributed by atoms with van der Waals surface area (Å²) in [6, 6.07) is -1.52. The van der Waals surface area contributed by atoms with Crippen molar-refractivity contribution in [1.82, 2.24) is 25.7 Å². The predicted molar refractivity (Wildman–Crippen MR) is 143 cm³/mol. The smallest absolute Gasteiger partial charge is 0.382 e. The van der Waals surface area contributed by atoms with Crippen LogP contribution in [0.4, 0.5) is 23.8 Å². The molecule has 1 saturated heterocycles. The zero-order valence-corrected chi connectivity index (χ0v) is 23.4. The van der Waals surface area contributed by atoms with E-state index in [0.717, 1.165) is 43.4 Å². The number of ether oxygens (including phenoxy) is 1. The summed E-state index contributed by atoms with van der Waals surface area (Å²) in [4.78, 5) is 44.7.